The van der Waals surface area contributed by atoms with E-state index in [4.69, 9.17) is 17.8 Å². The molecule has 0 saturated carbocycles. The fourth-order valence-electron chi connectivity index (χ4n) is 1.87. The van der Waals surface area contributed by atoms with Gasteiger partial charge in [-0.05, 0) is 19.4 Å². The lowest BCUT2D eigenvalue weighted by Gasteiger charge is -2.28. The summed E-state index contributed by atoms with van der Waals surface area (Å²) in [5.41, 5.74) is 0.998. The first-order valence-corrected chi connectivity index (χ1v) is 10.4. The zero-order chi connectivity index (χ0) is 15.8. The van der Waals surface area contributed by atoms with Gasteiger partial charge < -0.3 is 13.3 Å². The largest absolute Gasteiger partial charge is 0.505 e. The Morgan fingerprint density at radius 3 is 2.10 bits per heavy atom. The van der Waals surface area contributed by atoms with Crippen LogP contribution < -0.4 is 0 Å². The van der Waals surface area contributed by atoms with Gasteiger partial charge in [0.1, 0.15) is 0 Å². The Morgan fingerprint density at radius 1 is 1.05 bits per heavy atom. The van der Waals surface area contributed by atoms with Gasteiger partial charge in [-0.1, -0.05) is 30.3 Å². The third-order valence-electron chi connectivity index (χ3n) is 2.66. The van der Waals surface area contributed by atoms with Crippen molar-refractivity contribution in [3.8, 4) is 0 Å². The average molecular weight is 334 g/mol. The van der Waals surface area contributed by atoms with E-state index in [1.54, 1.807) is 0 Å². The average Bonchev–Trinajstić information content (AvgIpc) is 2.39. The molecule has 120 valence electrons. The van der Waals surface area contributed by atoms with E-state index in [9.17, 15) is 8.42 Å². The van der Waals surface area contributed by atoms with Crippen molar-refractivity contribution in [1.82, 2.24) is 0 Å². The van der Waals surface area contributed by atoms with E-state index in [0.29, 0.717) is 19.3 Å². The number of rotatable bonds is 10. The second kappa shape index (κ2) is 8.62. The highest BCUT2D eigenvalue weighted by molar-refractivity contribution is 7.85. The minimum atomic E-state index is -4.06. The van der Waals surface area contributed by atoms with E-state index in [1.165, 1.54) is 0 Å². The van der Waals surface area contributed by atoms with Crippen molar-refractivity contribution < 1.29 is 26.2 Å². The molecule has 0 bridgehead atoms. The molecule has 0 radical (unpaired) electrons. The van der Waals surface area contributed by atoms with Crippen molar-refractivity contribution in [2.24, 2.45) is 0 Å². The molecule has 0 atom stereocenters. The van der Waals surface area contributed by atoms with Crippen molar-refractivity contribution in [2.45, 2.75) is 19.9 Å². The topological polar surface area (TPSA) is 82.1 Å². The smallest absolute Gasteiger partial charge is 0.374 e. The van der Waals surface area contributed by atoms with Crippen LogP contribution in [0, 0.1) is 0 Å². The minimum Gasteiger partial charge on any atom is -0.374 e. The maximum atomic E-state index is 10.8. The molecule has 1 N–H and O–H groups in total. The second-order valence-corrected chi connectivity index (χ2v) is 8.50. The normalized spacial score (nSPS) is 12.5. The first-order chi connectivity index (χ1) is 9.91. The molecule has 6 nitrogen and oxygen atoms in total. The summed E-state index contributed by atoms with van der Waals surface area (Å²) in [6.45, 7) is 4.32. The number of hydrogen-bond donors (Lipinski definition) is 1. The third kappa shape index (κ3) is 7.16. The maximum absolute atomic E-state index is 10.8. The molecule has 21 heavy (non-hydrogen) atoms. The summed E-state index contributed by atoms with van der Waals surface area (Å²) in [6.07, 6.45) is 0. The monoisotopic (exact) mass is 334 g/mol. The van der Waals surface area contributed by atoms with Crippen LogP contribution in [0.15, 0.2) is 30.3 Å². The van der Waals surface area contributed by atoms with Gasteiger partial charge in [-0.2, -0.15) is 8.42 Å². The lowest BCUT2D eigenvalue weighted by molar-refractivity contribution is 0.0707. The van der Waals surface area contributed by atoms with Gasteiger partial charge in [0.15, 0.2) is 0 Å². The zero-order valence-corrected chi connectivity index (χ0v) is 14.1. The van der Waals surface area contributed by atoms with Crippen LogP contribution in [-0.4, -0.2) is 47.3 Å². The van der Waals surface area contributed by atoms with Gasteiger partial charge in [-0.25, -0.2) is 0 Å². The molecule has 0 saturated heterocycles. The molecule has 0 aliphatic heterocycles. The molecule has 1 aromatic rings. The molecule has 1 rings (SSSR count). The first-order valence-electron chi connectivity index (χ1n) is 6.81. The Kier molecular flexibility index (Phi) is 7.50. The lowest BCUT2D eigenvalue weighted by atomic mass is 10.2. The summed E-state index contributed by atoms with van der Waals surface area (Å²) in [4.78, 5) is 0. The van der Waals surface area contributed by atoms with Crippen molar-refractivity contribution in [1.29, 1.82) is 0 Å². The summed E-state index contributed by atoms with van der Waals surface area (Å²) in [5, 5.41) is 0. The SMILES string of the molecule is CCO[Si](Cc1ccccc1)(OCC)OCCS(=O)(=O)O. The molecule has 8 heteroatoms. The van der Waals surface area contributed by atoms with Crippen molar-refractivity contribution in [2.75, 3.05) is 25.6 Å². The Morgan fingerprint density at radius 2 is 1.62 bits per heavy atom. The van der Waals surface area contributed by atoms with Gasteiger partial charge in [-0.3, -0.25) is 4.55 Å². The Balaban J connectivity index is 2.81. The maximum Gasteiger partial charge on any atom is 0.505 e. The third-order valence-corrected chi connectivity index (χ3v) is 6.28. The van der Waals surface area contributed by atoms with Crippen molar-refractivity contribution in [3.05, 3.63) is 35.9 Å². The van der Waals surface area contributed by atoms with Gasteiger partial charge in [0.25, 0.3) is 10.1 Å². The van der Waals surface area contributed by atoms with Gasteiger partial charge in [0.05, 0.1) is 12.4 Å². The Hall–Kier alpha value is -0.773. The van der Waals surface area contributed by atoms with Crippen LogP contribution >= 0.6 is 0 Å². The van der Waals surface area contributed by atoms with E-state index in [-0.39, 0.29) is 6.61 Å². The van der Waals surface area contributed by atoms with Crippen LogP contribution in [0.1, 0.15) is 19.4 Å². The van der Waals surface area contributed by atoms with E-state index in [0.717, 1.165) is 5.56 Å². The minimum absolute atomic E-state index is 0.155. The van der Waals surface area contributed by atoms with Crippen molar-refractivity contribution >= 4 is 18.9 Å². The van der Waals surface area contributed by atoms with Crippen molar-refractivity contribution in [3.63, 3.8) is 0 Å². The quantitative estimate of drug-likeness (QED) is 0.518. The summed E-state index contributed by atoms with van der Waals surface area (Å²) < 4.78 is 47.5. The Bertz CT molecular complexity index is 499. The van der Waals surface area contributed by atoms with E-state index in [2.05, 4.69) is 0 Å². The fourth-order valence-corrected chi connectivity index (χ4v) is 4.89. The molecule has 0 heterocycles. The molecular formula is C13H22O6SSi. The summed E-state index contributed by atoms with van der Waals surface area (Å²) in [7, 11) is -7.07. The standard InChI is InChI=1S/C13H22O6SSi/c1-3-17-21(18-4-2,19-10-11-20(14,15)16)12-13-8-6-5-7-9-13/h5-9H,3-4,10-12H2,1-2H3,(H,14,15,16). The molecule has 0 unspecified atom stereocenters. The molecule has 0 spiro atoms. The fraction of sp³-hybridized carbons (Fsp3) is 0.538. The van der Waals surface area contributed by atoms with Crippen LogP contribution in [0.5, 0.6) is 0 Å². The van der Waals surface area contributed by atoms with E-state index >= 15 is 0 Å². The predicted molar refractivity (Wildman–Crippen MR) is 81.5 cm³/mol. The van der Waals surface area contributed by atoms with Crippen LogP contribution in [-0.2, 0) is 29.4 Å². The number of hydrogen-bond acceptors (Lipinski definition) is 5. The van der Waals surface area contributed by atoms with Gasteiger partial charge in [-0.15, -0.1) is 0 Å². The van der Waals surface area contributed by atoms with Gasteiger partial charge >= 0.3 is 8.80 Å². The summed E-state index contributed by atoms with van der Waals surface area (Å²) >= 11 is 0. The molecule has 0 aromatic heterocycles. The first kappa shape index (κ1) is 18.3. The zero-order valence-electron chi connectivity index (χ0n) is 12.3. The highest BCUT2D eigenvalue weighted by atomic mass is 32.2. The van der Waals surface area contributed by atoms with Crippen LogP contribution in [0.25, 0.3) is 0 Å². The molecular weight excluding hydrogens is 312 g/mol. The Labute approximate surface area is 127 Å². The van der Waals surface area contributed by atoms with Crippen LogP contribution in [0.2, 0.25) is 0 Å². The summed E-state index contributed by atoms with van der Waals surface area (Å²) in [5.74, 6) is -0.476. The van der Waals surface area contributed by atoms with Crippen LogP contribution in [0.3, 0.4) is 0 Å². The highest BCUT2D eigenvalue weighted by Crippen LogP contribution is 2.17. The molecule has 0 aliphatic carbocycles. The van der Waals surface area contributed by atoms with E-state index < -0.39 is 24.7 Å². The molecule has 1 aromatic carbocycles. The lowest BCUT2D eigenvalue weighted by Crippen LogP contribution is -2.49. The summed E-state index contributed by atoms with van der Waals surface area (Å²) in [6, 6.07) is 10.1. The number of benzene rings is 1. The van der Waals surface area contributed by atoms with Gasteiger partial charge in [0.2, 0.25) is 0 Å². The molecule has 0 fully saturated rings. The highest BCUT2D eigenvalue weighted by Gasteiger charge is 2.41. The second-order valence-electron chi connectivity index (χ2n) is 4.35. The molecule has 0 aliphatic rings. The molecule has 0 amide bonds. The van der Waals surface area contributed by atoms with Gasteiger partial charge in [0, 0.05) is 19.3 Å². The predicted octanol–water partition coefficient (Wildman–Crippen LogP) is 1.68. The van der Waals surface area contributed by atoms with E-state index in [1.807, 2.05) is 44.2 Å². The van der Waals surface area contributed by atoms with Crippen LogP contribution in [0.4, 0.5) is 0 Å².